The molecule has 1 heterocycles. The number of hydrogen-bond acceptors (Lipinski definition) is 7. The van der Waals surface area contributed by atoms with E-state index < -0.39 is 42.8 Å². The first-order chi connectivity index (χ1) is 14.1. The zero-order valence-corrected chi connectivity index (χ0v) is 17.1. The van der Waals surface area contributed by atoms with Gasteiger partial charge < -0.3 is 37.0 Å². The van der Waals surface area contributed by atoms with Crippen LogP contribution in [0.2, 0.25) is 0 Å². The van der Waals surface area contributed by atoms with Gasteiger partial charge in [0.1, 0.15) is 30.1 Å². The molecular weight excluding hydrogens is 396 g/mol. The summed E-state index contributed by atoms with van der Waals surface area (Å²) >= 11 is 0. The standard InChI is InChI=1S/C19H34N4O7/c20-14(18(27)28)5-1-3-7-22-10-13(9-16(25)17(26)11-24)23(12-22)8-4-2-6-15(21)19(29)30/h10,12,14-17,24-26H,1-9,11,20-21H2,(H-,27,28,29,30)/p+1/t14-,15-,16-,17+/m0/s1. The SMILES string of the molecule is N[C@@H](CCCCn1c[n+](CCCC[C@H](N)C(=O)O)cc1C[C@H](O)[C@H](O)CO)C(=O)O. The molecule has 1 rings (SSSR count). The number of hydrogen-bond donors (Lipinski definition) is 7. The van der Waals surface area contributed by atoms with Gasteiger partial charge in [0.25, 0.3) is 0 Å². The van der Waals surface area contributed by atoms with Crippen molar-refractivity contribution in [2.45, 2.75) is 82.3 Å². The van der Waals surface area contributed by atoms with E-state index in [1.165, 1.54) is 0 Å². The minimum atomic E-state index is -1.24. The van der Waals surface area contributed by atoms with Crippen molar-refractivity contribution >= 4 is 11.9 Å². The van der Waals surface area contributed by atoms with Crippen LogP contribution < -0.4 is 16.0 Å². The van der Waals surface area contributed by atoms with Crippen molar-refractivity contribution in [3.63, 3.8) is 0 Å². The Kier molecular flexibility index (Phi) is 11.5. The second-order valence-corrected chi connectivity index (χ2v) is 7.57. The van der Waals surface area contributed by atoms with Crippen molar-refractivity contribution < 1.29 is 39.7 Å². The fraction of sp³-hybridized carbons (Fsp3) is 0.737. The molecule has 9 N–H and O–H groups in total. The quantitative estimate of drug-likeness (QED) is 0.117. The number of carboxylic acids is 2. The molecule has 0 bridgehead atoms. The number of nitrogens with zero attached hydrogens (tertiary/aromatic N) is 2. The molecule has 0 aromatic carbocycles. The number of carbonyl (C=O) groups is 2. The van der Waals surface area contributed by atoms with Gasteiger partial charge in [0.05, 0.1) is 25.8 Å². The summed E-state index contributed by atoms with van der Waals surface area (Å²) in [6, 6.07) is -1.76. The Morgan fingerprint density at radius 2 is 1.53 bits per heavy atom. The summed E-state index contributed by atoms with van der Waals surface area (Å²) in [6.07, 6.45) is 4.93. The third kappa shape index (κ3) is 9.18. The van der Waals surface area contributed by atoms with E-state index in [1.54, 1.807) is 0 Å². The topological polar surface area (TPSA) is 196 Å². The number of imidazole rings is 1. The highest BCUT2D eigenvalue weighted by Crippen LogP contribution is 2.10. The predicted octanol–water partition coefficient (Wildman–Crippen LogP) is -1.80. The highest BCUT2D eigenvalue weighted by Gasteiger charge is 2.22. The number of aromatic nitrogens is 2. The summed E-state index contributed by atoms with van der Waals surface area (Å²) in [5, 5.41) is 46.4. The Labute approximate surface area is 175 Å². The van der Waals surface area contributed by atoms with Crippen LogP contribution in [0, 0.1) is 0 Å². The van der Waals surface area contributed by atoms with Crippen molar-refractivity contribution in [2.24, 2.45) is 11.5 Å². The van der Waals surface area contributed by atoms with E-state index in [0.29, 0.717) is 45.2 Å². The summed E-state index contributed by atoms with van der Waals surface area (Å²) in [7, 11) is 0. The Morgan fingerprint density at radius 3 is 2.07 bits per heavy atom. The molecule has 0 fully saturated rings. The minimum Gasteiger partial charge on any atom is -0.480 e. The summed E-state index contributed by atoms with van der Waals surface area (Å²) < 4.78 is 3.84. The second kappa shape index (κ2) is 13.3. The zero-order chi connectivity index (χ0) is 22.7. The average molecular weight is 432 g/mol. The number of aliphatic carboxylic acids is 2. The van der Waals surface area contributed by atoms with Gasteiger partial charge in [-0.1, -0.05) is 0 Å². The lowest BCUT2D eigenvalue weighted by Gasteiger charge is -2.14. The molecular formula is C19H35N4O7+. The first-order valence-electron chi connectivity index (χ1n) is 10.2. The summed E-state index contributed by atoms with van der Waals surface area (Å²) in [5.74, 6) is -2.05. The van der Waals surface area contributed by atoms with Crippen LogP contribution in [0.15, 0.2) is 12.5 Å². The van der Waals surface area contributed by atoms with Crippen LogP contribution in [0.1, 0.15) is 44.2 Å². The van der Waals surface area contributed by atoms with Crippen LogP contribution in [-0.2, 0) is 29.1 Å². The fourth-order valence-electron chi connectivity index (χ4n) is 3.07. The van der Waals surface area contributed by atoms with E-state index in [4.69, 9.17) is 26.8 Å². The highest BCUT2D eigenvalue weighted by atomic mass is 16.4. The summed E-state index contributed by atoms with van der Waals surface area (Å²) in [5.41, 5.74) is 11.8. The van der Waals surface area contributed by atoms with Gasteiger partial charge in [-0.2, -0.15) is 0 Å². The number of aryl methyl sites for hydroxylation is 2. The fourth-order valence-corrected chi connectivity index (χ4v) is 3.07. The van der Waals surface area contributed by atoms with E-state index in [0.717, 1.165) is 12.1 Å². The van der Waals surface area contributed by atoms with E-state index in [9.17, 15) is 19.8 Å². The normalized spacial score (nSPS) is 15.5. The first kappa shape index (κ1) is 26.0. The molecule has 0 saturated heterocycles. The predicted molar refractivity (Wildman–Crippen MR) is 106 cm³/mol. The van der Waals surface area contributed by atoms with Gasteiger partial charge in [-0.05, 0) is 38.5 Å². The Hall–Kier alpha value is -2.05. The number of carboxylic acid groups (broad SMARTS) is 2. The van der Waals surface area contributed by atoms with Gasteiger partial charge in [-0.25, -0.2) is 9.13 Å². The molecule has 0 spiro atoms. The highest BCUT2D eigenvalue weighted by molar-refractivity contribution is 5.73. The summed E-state index contributed by atoms with van der Waals surface area (Å²) in [6.45, 7) is 0.675. The van der Waals surface area contributed by atoms with Gasteiger partial charge in [0, 0.05) is 6.42 Å². The van der Waals surface area contributed by atoms with Crippen molar-refractivity contribution in [2.75, 3.05) is 6.61 Å². The van der Waals surface area contributed by atoms with Crippen molar-refractivity contribution in [1.82, 2.24) is 4.57 Å². The van der Waals surface area contributed by atoms with Crippen LogP contribution in [0.3, 0.4) is 0 Å². The second-order valence-electron chi connectivity index (χ2n) is 7.57. The van der Waals surface area contributed by atoms with E-state index >= 15 is 0 Å². The maximum absolute atomic E-state index is 10.8. The molecule has 1 aromatic rings. The number of rotatable bonds is 16. The van der Waals surface area contributed by atoms with Gasteiger partial charge in [0.2, 0.25) is 6.33 Å². The molecule has 0 radical (unpaired) electrons. The van der Waals surface area contributed by atoms with Crippen molar-refractivity contribution in [3.8, 4) is 0 Å². The molecule has 0 saturated carbocycles. The van der Waals surface area contributed by atoms with E-state index in [2.05, 4.69) is 0 Å². The first-order valence-corrected chi connectivity index (χ1v) is 10.2. The Balaban J connectivity index is 2.67. The van der Waals surface area contributed by atoms with Crippen LogP contribution >= 0.6 is 0 Å². The lowest BCUT2D eigenvalue weighted by atomic mass is 10.1. The van der Waals surface area contributed by atoms with Gasteiger partial charge in [-0.15, -0.1) is 0 Å². The molecule has 1 aromatic heterocycles. The number of unbranched alkanes of at least 4 members (excludes halogenated alkanes) is 2. The average Bonchev–Trinajstić information content (AvgIpc) is 3.08. The maximum Gasteiger partial charge on any atom is 0.320 e. The monoisotopic (exact) mass is 431 g/mol. The summed E-state index contributed by atoms with van der Waals surface area (Å²) in [4.78, 5) is 21.6. The number of nitrogens with two attached hydrogens (primary N) is 2. The molecule has 11 nitrogen and oxygen atoms in total. The third-order valence-corrected chi connectivity index (χ3v) is 5.00. The lowest BCUT2D eigenvalue weighted by molar-refractivity contribution is -0.697. The van der Waals surface area contributed by atoms with Gasteiger partial charge in [0.15, 0.2) is 0 Å². The zero-order valence-electron chi connectivity index (χ0n) is 17.1. The van der Waals surface area contributed by atoms with Crippen molar-refractivity contribution in [1.29, 1.82) is 0 Å². The Morgan fingerprint density at radius 1 is 0.967 bits per heavy atom. The lowest BCUT2D eigenvalue weighted by Crippen LogP contribution is -2.33. The van der Waals surface area contributed by atoms with Crippen LogP contribution in [0.4, 0.5) is 0 Å². The largest absolute Gasteiger partial charge is 0.480 e. The maximum atomic E-state index is 10.8. The minimum absolute atomic E-state index is 0.146. The van der Waals surface area contributed by atoms with E-state index in [1.807, 2.05) is 21.7 Å². The molecule has 0 aliphatic rings. The molecule has 30 heavy (non-hydrogen) atoms. The number of aliphatic hydroxyl groups is 3. The molecule has 172 valence electrons. The van der Waals surface area contributed by atoms with Gasteiger partial charge >= 0.3 is 11.9 Å². The van der Waals surface area contributed by atoms with Crippen LogP contribution in [0.5, 0.6) is 0 Å². The number of aliphatic hydroxyl groups excluding tert-OH is 3. The molecule has 4 atom stereocenters. The van der Waals surface area contributed by atoms with E-state index in [-0.39, 0.29) is 6.42 Å². The van der Waals surface area contributed by atoms with Gasteiger partial charge in [-0.3, -0.25) is 9.59 Å². The van der Waals surface area contributed by atoms with Crippen LogP contribution in [-0.4, -0.2) is 72.9 Å². The molecule has 11 heteroatoms. The molecule has 0 aliphatic carbocycles. The molecule has 0 aliphatic heterocycles. The Bertz CT molecular complexity index is 667. The molecule has 0 unspecified atom stereocenters. The van der Waals surface area contributed by atoms with Crippen molar-refractivity contribution in [3.05, 3.63) is 18.2 Å². The van der Waals surface area contributed by atoms with Crippen LogP contribution in [0.25, 0.3) is 0 Å². The third-order valence-electron chi connectivity index (χ3n) is 5.00. The molecule has 0 amide bonds. The smallest absolute Gasteiger partial charge is 0.320 e.